The average Bonchev–Trinajstić information content (AvgIpc) is 2.63. The van der Waals surface area contributed by atoms with Crippen molar-refractivity contribution in [3.05, 3.63) is 36.4 Å². The number of nitrogens with zero attached hydrogens (tertiary/aromatic N) is 3. The van der Waals surface area contributed by atoms with E-state index < -0.39 is 0 Å². The Morgan fingerprint density at radius 2 is 2.21 bits per heavy atom. The van der Waals surface area contributed by atoms with Gasteiger partial charge in [0.2, 0.25) is 11.8 Å². The first-order valence-electron chi connectivity index (χ1n) is 4.15. The molecule has 0 amide bonds. The van der Waals surface area contributed by atoms with Gasteiger partial charge in [0.1, 0.15) is 5.76 Å². The molecule has 0 aliphatic carbocycles. The summed E-state index contributed by atoms with van der Waals surface area (Å²) in [6.07, 6.45) is 6.34. The molecule has 2 aromatic rings. The van der Waals surface area contributed by atoms with Gasteiger partial charge in [0, 0.05) is 12.4 Å². The van der Waals surface area contributed by atoms with Crippen molar-refractivity contribution >= 4 is 0 Å². The third-order valence-corrected chi connectivity index (χ3v) is 1.55. The van der Waals surface area contributed by atoms with Crippen LogP contribution in [0.1, 0.15) is 11.7 Å². The van der Waals surface area contributed by atoms with Crippen molar-refractivity contribution in [2.45, 2.75) is 13.5 Å². The number of hydrogen-bond acceptors (Lipinski definition) is 5. The van der Waals surface area contributed by atoms with Crippen molar-refractivity contribution < 1.29 is 9.15 Å². The molecule has 0 N–H and O–H groups in total. The zero-order valence-electron chi connectivity index (χ0n) is 7.67. The Kier molecular flexibility index (Phi) is 2.40. The van der Waals surface area contributed by atoms with Gasteiger partial charge in [-0.1, -0.05) is 0 Å². The number of hydrogen-bond donors (Lipinski definition) is 0. The molecule has 0 bridgehead atoms. The van der Waals surface area contributed by atoms with Crippen LogP contribution >= 0.6 is 0 Å². The van der Waals surface area contributed by atoms with Crippen LogP contribution in [0.2, 0.25) is 0 Å². The first-order valence-corrected chi connectivity index (χ1v) is 4.15. The van der Waals surface area contributed by atoms with E-state index in [0.29, 0.717) is 11.8 Å². The summed E-state index contributed by atoms with van der Waals surface area (Å²) in [6, 6.07) is 0. The highest BCUT2D eigenvalue weighted by Crippen LogP contribution is 2.06. The summed E-state index contributed by atoms with van der Waals surface area (Å²) in [6.45, 7) is 2.10. The Hall–Kier alpha value is -1.91. The first kappa shape index (κ1) is 8.68. The molecule has 72 valence electrons. The van der Waals surface area contributed by atoms with E-state index in [9.17, 15) is 0 Å². The molecule has 5 nitrogen and oxygen atoms in total. The minimum Gasteiger partial charge on any atom is -0.467 e. The second kappa shape index (κ2) is 3.87. The standard InChI is InChI=1S/C9H9N3O2/c1-7-4-12-9(14-7)6-13-8-5-10-2-3-11-8/h2-5H,6H2,1H3. The molecular weight excluding hydrogens is 182 g/mol. The van der Waals surface area contributed by atoms with Gasteiger partial charge in [-0.25, -0.2) is 9.97 Å². The normalized spacial score (nSPS) is 10.1. The van der Waals surface area contributed by atoms with E-state index in [4.69, 9.17) is 9.15 Å². The smallest absolute Gasteiger partial charge is 0.232 e. The van der Waals surface area contributed by atoms with Crippen LogP contribution in [0.3, 0.4) is 0 Å². The van der Waals surface area contributed by atoms with Crippen molar-refractivity contribution in [1.82, 2.24) is 15.0 Å². The molecule has 2 aromatic heterocycles. The Bertz CT molecular complexity index is 399. The molecule has 0 saturated heterocycles. The van der Waals surface area contributed by atoms with E-state index in [0.717, 1.165) is 5.76 Å². The third kappa shape index (κ3) is 2.07. The highest BCUT2D eigenvalue weighted by atomic mass is 16.5. The Morgan fingerprint density at radius 3 is 2.86 bits per heavy atom. The number of rotatable bonds is 3. The maximum absolute atomic E-state index is 5.28. The van der Waals surface area contributed by atoms with Crippen LogP contribution in [-0.2, 0) is 6.61 Å². The van der Waals surface area contributed by atoms with Gasteiger partial charge in [-0.3, -0.25) is 4.98 Å². The number of ether oxygens (including phenoxy) is 1. The minimum absolute atomic E-state index is 0.270. The van der Waals surface area contributed by atoms with E-state index in [1.54, 1.807) is 18.6 Å². The predicted octanol–water partition coefficient (Wildman–Crippen LogP) is 1.35. The van der Waals surface area contributed by atoms with E-state index in [1.807, 2.05) is 6.92 Å². The molecule has 0 saturated carbocycles. The second-order valence-electron chi connectivity index (χ2n) is 2.70. The van der Waals surface area contributed by atoms with Gasteiger partial charge in [0.05, 0.1) is 12.4 Å². The lowest BCUT2D eigenvalue weighted by atomic mass is 10.6. The summed E-state index contributed by atoms with van der Waals surface area (Å²) in [5, 5.41) is 0. The van der Waals surface area contributed by atoms with E-state index in [-0.39, 0.29) is 6.61 Å². The van der Waals surface area contributed by atoms with E-state index >= 15 is 0 Å². The van der Waals surface area contributed by atoms with Crippen LogP contribution in [0.5, 0.6) is 5.88 Å². The molecular formula is C9H9N3O2. The predicted molar refractivity (Wildman–Crippen MR) is 47.6 cm³/mol. The fourth-order valence-electron chi connectivity index (χ4n) is 0.964. The Balaban J connectivity index is 1.95. The van der Waals surface area contributed by atoms with E-state index in [2.05, 4.69) is 15.0 Å². The molecule has 0 aromatic carbocycles. The molecule has 2 heterocycles. The summed E-state index contributed by atoms with van der Waals surface area (Å²) >= 11 is 0. The van der Waals surface area contributed by atoms with Crippen molar-refractivity contribution in [3.63, 3.8) is 0 Å². The SMILES string of the molecule is Cc1cnc(COc2cnccn2)o1. The van der Waals surface area contributed by atoms with Gasteiger partial charge >= 0.3 is 0 Å². The summed E-state index contributed by atoms with van der Waals surface area (Å²) in [4.78, 5) is 11.8. The first-order chi connectivity index (χ1) is 6.84. The highest BCUT2D eigenvalue weighted by Gasteiger charge is 2.01. The van der Waals surface area contributed by atoms with Crippen LogP contribution in [0.25, 0.3) is 0 Å². The summed E-state index contributed by atoms with van der Waals surface area (Å²) in [7, 11) is 0. The molecule has 5 heteroatoms. The zero-order chi connectivity index (χ0) is 9.80. The molecule has 0 radical (unpaired) electrons. The van der Waals surface area contributed by atoms with Crippen LogP contribution in [0, 0.1) is 6.92 Å². The lowest BCUT2D eigenvalue weighted by Gasteiger charge is -1.99. The van der Waals surface area contributed by atoms with Crippen molar-refractivity contribution in [1.29, 1.82) is 0 Å². The summed E-state index contributed by atoms with van der Waals surface area (Å²) in [5.74, 6) is 1.76. The zero-order valence-corrected chi connectivity index (χ0v) is 7.67. The van der Waals surface area contributed by atoms with Gasteiger partial charge < -0.3 is 9.15 Å². The van der Waals surface area contributed by atoms with Gasteiger partial charge in [0.15, 0.2) is 6.61 Å². The Labute approximate surface area is 80.8 Å². The van der Waals surface area contributed by atoms with Crippen LogP contribution in [0.15, 0.2) is 29.2 Å². The quantitative estimate of drug-likeness (QED) is 0.732. The van der Waals surface area contributed by atoms with Gasteiger partial charge in [0.25, 0.3) is 0 Å². The minimum atomic E-state index is 0.270. The van der Waals surface area contributed by atoms with E-state index in [1.165, 1.54) is 6.20 Å². The molecule has 0 unspecified atom stereocenters. The van der Waals surface area contributed by atoms with Crippen LogP contribution < -0.4 is 4.74 Å². The monoisotopic (exact) mass is 191 g/mol. The molecule has 0 spiro atoms. The fourth-order valence-corrected chi connectivity index (χ4v) is 0.964. The second-order valence-corrected chi connectivity index (χ2v) is 2.70. The van der Waals surface area contributed by atoms with Crippen molar-refractivity contribution in [2.24, 2.45) is 0 Å². The lowest BCUT2D eigenvalue weighted by Crippen LogP contribution is -1.97. The lowest BCUT2D eigenvalue weighted by molar-refractivity contribution is 0.250. The maximum Gasteiger partial charge on any atom is 0.232 e. The molecule has 0 atom stereocenters. The molecule has 0 fully saturated rings. The van der Waals surface area contributed by atoms with Crippen LogP contribution in [-0.4, -0.2) is 15.0 Å². The largest absolute Gasteiger partial charge is 0.467 e. The topological polar surface area (TPSA) is 61.0 Å². The summed E-state index contributed by atoms with van der Waals surface area (Å²) < 4.78 is 10.5. The van der Waals surface area contributed by atoms with Crippen molar-refractivity contribution in [2.75, 3.05) is 0 Å². The third-order valence-electron chi connectivity index (χ3n) is 1.55. The van der Waals surface area contributed by atoms with Crippen molar-refractivity contribution in [3.8, 4) is 5.88 Å². The molecule has 2 rings (SSSR count). The molecule has 14 heavy (non-hydrogen) atoms. The molecule has 0 aliphatic rings. The highest BCUT2D eigenvalue weighted by molar-refractivity contribution is 5.01. The average molecular weight is 191 g/mol. The summed E-state index contributed by atoms with van der Waals surface area (Å²) in [5.41, 5.74) is 0. The number of oxazole rings is 1. The van der Waals surface area contributed by atoms with Crippen LogP contribution in [0.4, 0.5) is 0 Å². The Morgan fingerprint density at radius 1 is 1.29 bits per heavy atom. The van der Waals surface area contributed by atoms with Gasteiger partial charge in [-0.05, 0) is 6.92 Å². The fraction of sp³-hybridized carbons (Fsp3) is 0.222. The van der Waals surface area contributed by atoms with Gasteiger partial charge in [-0.2, -0.15) is 0 Å². The molecule has 0 aliphatic heterocycles. The number of aromatic nitrogens is 3. The van der Waals surface area contributed by atoms with Gasteiger partial charge in [-0.15, -0.1) is 0 Å². The number of aryl methyl sites for hydroxylation is 1. The maximum atomic E-state index is 5.28.